The summed E-state index contributed by atoms with van der Waals surface area (Å²) in [7, 11) is 3.78. The zero-order valence-electron chi connectivity index (χ0n) is 12.3. The Hall–Kier alpha value is 0.0400. The van der Waals surface area contributed by atoms with E-state index in [2.05, 4.69) is 6.92 Å². The fourth-order valence-electron chi connectivity index (χ4n) is 1.64. The van der Waals surface area contributed by atoms with E-state index in [0.29, 0.717) is 6.61 Å². The zero-order chi connectivity index (χ0) is 14.2. The van der Waals surface area contributed by atoms with Crippen molar-refractivity contribution in [1.82, 2.24) is 9.34 Å². The molecule has 0 rings (SSSR count). The number of amides is 1. The molecule has 0 bridgehead atoms. The number of carbonyl (C=O) groups is 1. The van der Waals surface area contributed by atoms with Crippen LogP contribution in [0.1, 0.15) is 46.5 Å². The van der Waals surface area contributed by atoms with Gasteiger partial charge < -0.3 is 4.52 Å². The van der Waals surface area contributed by atoms with E-state index in [-0.39, 0.29) is 6.04 Å². The molecule has 108 valence electrons. The monoisotopic (exact) mass is 294 g/mol. The molecule has 0 aromatic heterocycles. The molecule has 0 fully saturated rings. The highest BCUT2D eigenvalue weighted by Crippen LogP contribution is 2.53. The lowest BCUT2D eigenvalue weighted by atomic mass is 10.1. The number of rotatable bonds is 10. The second kappa shape index (κ2) is 9.03. The lowest BCUT2D eigenvalue weighted by molar-refractivity contribution is -0.115. The van der Waals surface area contributed by atoms with E-state index in [0.717, 1.165) is 32.1 Å². The molecule has 0 aromatic rings. The van der Waals surface area contributed by atoms with E-state index in [1.54, 1.807) is 4.67 Å². The van der Waals surface area contributed by atoms with Crippen molar-refractivity contribution >= 4 is 24.8 Å². The molecule has 4 nitrogen and oxygen atoms in total. The first-order valence-corrected chi connectivity index (χ1v) is 9.23. The predicted molar refractivity (Wildman–Crippen MR) is 81.1 cm³/mol. The summed E-state index contributed by atoms with van der Waals surface area (Å²) < 4.78 is 9.44. The van der Waals surface area contributed by atoms with Crippen LogP contribution in [0.15, 0.2) is 0 Å². The predicted octanol–water partition coefficient (Wildman–Crippen LogP) is 3.24. The average Bonchev–Trinajstić information content (AvgIpc) is 2.34. The Balaban J connectivity index is 4.92. The average molecular weight is 294 g/mol. The van der Waals surface area contributed by atoms with Crippen LogP contribution in [0.5, 0.6) is 0 Å². The van der Waals surface area contributed by atoms with Gasteiger partial charge in [0.05, 0.1) is 6.61 Å². The summed E-state index contributed by atoms with van der Waals surface area (Å²) >= 11 is 5.65. The van der Waals surface area contributed by atoms with Crippen molar-refractivity contribution in [2.45, 2.75) is 52.5 Å². The number of hydrogen-bond donors (Lipinski definition) is 0. The van der Waals surface area contributed by atoms with Gasteiger partial charge in [-0.15, -0.1) is 0 Å². The molecular weight excluding hydrogens is 267 g/mol. The molecule has 0 saturated heterocycles. The Morgan fingerprint density at radius 3 is 2.33 bits per heavy atom. The normalized spacial score (nSPS) is 16.3. The van der Waals surface area contributed by atoms with Gasteiger partial charge in [0, 0.05) is 6.04 Å². The number of nitrogens with zero attached hydrogens (tertiary/aromatic N) is 2. The molecule has 0 heterocycles. The van der Waals surface area contributed by atoms with Gasteiger partial charge in [0.15, 0.2) is 0 Å². The maximum Gasteiger partial charge on any atom is 0.230 e. The molecular formula is C12H27N2O2PS. The first-order chi connectivity index (χ1) is 8.43. The van der Waals surface area contributed by atoms with Crippen molar-refractivity contribution in [3.05, 3.63) is 0 Å². The SMILES string of the molecule is CCCCC(C)N(C=O)P(=S)(OCCC)N(C)C. The third-order valence-electron chi connectivity index (χ3n) is 2.80. The van der Waals surface area contributed by atoms with Gasteiger partial charge in [-0.25, -0.2) is 4.67 Å². The molecule has 0 N–H and O–H groups in total. The molecule has 0 spiro atoms. The smallest absolute Gasteiger partial charge is 0.230 e. The van der Waals surface area contributed by atoms with Gasteiger partial charge in [0.2, 0.25) is 13.0 Å². The Morgan fingerprint density at radius 1 is 1.33 bits per heavy atom. The fraction of sp³-hybridized carbons (Fsp3) is 0.917. The summed E-state index contributed by atoms with van der Waals surface area (Å²) in [4.78, 5) is 11.4. The Labute approximate surface area is 117 Å². The lowest BCUT2D eigenvalue weighted by Gasteiger charge is -2.39. The summed E-state index contributed by atoms with van der Waals surface area (Å²) in [5.41, 5.74) is 0. The number of hydrogen-bond acceptors (Lipinski definition) is 3. The second-order valence-electron chi connectivity index (χ2n) is 4.65. The molecule has 0 aliphatic carbocycles. The van der Waals surface area contributed by atoms with Crippen molar-refractivity contribution in [2.24, 2.45) is 0 Å². The van der Waals surface area contributed by atoms with Crippen LogP contribution in [-0.2, 0) is 21.1 Å². The third kappa shape index (κ3) is 4.96. The minimum Gasteiger partial charge on any atom is -0.323 e. The summed E-state index contributed by atoms with van der Waals surface area (Å²) in [5.74, 6) is 0. The topological polar surface area (TPSA) is 32.8 Å². The number of unbranched alkanes of at least 4 members (excludes halogenated alkanes) is 1. The molecule has 0 aliphatic heterocycles. The van der Waals surface area contributed by atoms with E-state index in [4.69, 9.17) is 16.3 Å². The lowest BCUT2D eigenvalue weighted by Crippen LogP contribution is -2.34. The summed E-state index contributed by atoms with van der Waals surface area (Å²) in [6.45, 7) is 4.45. The van der Waals surface area contributed by atoms with Gasteiger partial charge in [0.1, 0.15) is 0 Å². The highest BCUT2D eigenvalue weighted by atomic mass is 32.5. The van der Waals surface area contributed by atoms with E-state index < -0.39 is 6.57 Å². The largest absolute Gasteiger partial charge is 0.323 e. The molecule has 18 heavy (non-hydrogen) atoms. The second-order valence-corrected chi connectivity index (χ2v) is 8.58. The minimum atomic E-state index is -2.38. The van der Waals surface area contributed by atoms with Gasteiger partial charge in [-0.05, 0) is 45.7 Å². The van der Waals surface area contributed by atoms with Gasteiger partial charge in [-0.3, -0.25) is 9.46 Å². The molecule has 0 saturated carbocycles. The standard InChI is InChI=1S/C12H27N2O2PS/c1-6-8-9-12(3)14(11-15)17(18,13(4)5)16-10-7-2/h11-12H,6-10H2,1-5H3. The molecule has 1 amide bonds. The van der Waals surface area contributed by atoms with Crippen molar-refractivity contribution in [1.29, 1.82) is 0 Å². The van der Waals surface area contributed by atoms with Crippen LogP contribution in [-0.4, -0.2) is 42.5 Å². The molecule has 2 atom stereocenters. The number of carbonyl (C=O) groups excluding carboxylic acids is 1. The summed E-state index contributed by atoms with van der Waals surface area (Å²) in [6, 6.07) is 0.132. The van der Waals surface area contributed by atoms with Crippen LogP contribution in [0.25, 0.3) is 0 Å². The zero-order valence-corrected chi connectivity index (χ0v) is 14.0. The van der Waals surface area contributed by atoms with Crippen LogP contribution >= 0.6 is 6.57 Å². The Kier molecular flexibility index (Phi) is 9.05. The highest BCUT2D eigenvalue weighted by molar-refractivity contribution is 8.10. The Morgan fingerprint density at radius 2 is 1.94 bits per heavy atom. The van der Waals surface area contributed by atoms with Crippen LogP contribution in [0.4, 0.5) is 0 Å². The molecule has 6 heteroatoms. The first-order valence-electron chi connectivity index (χ1n) is 6.60. The van der Waals surface area contributed by atoms with Crippen LogP contribution in [0.3, 0.4) is 0 Å². The van der Waals surface area contributed by atoms with Gasteiger partial charge in [-0.1, -0.05) is 26.7 Å². The van der Waals surface area contributed by atoms with Crippen LogP contribution in [0, 0.1) is 0 Å². The summed E-state index contributed by atoms with van der Waals surface area (Å²) in [5, 5.41) is 0. The van der Waals surface area contributed by atoms with Gasteiger partial charge in [0.25, 0.3) is 0 Å². The van der Waals surface area contributed by atoms with Gasteiger partial charge >= 0.3 is 0 Å². The van der Waals surface area contributed by atoms with Crippen molar-refractivity contribution in [3.63, 3.8) is 0 Å². The first kappa shape index (κ1) is 18.0. The summed E-state index contributed by atoms with van der Waals surface area (Å²) in [6.07, 6.45) is 4.95. The van der Waals surface area contributed by atoms with Gasteiger partial charge in [-0.2, -0.15) is 0 Å². The quantitative estimate of drug-likeness (QED) is 0.457. The maximum absolute atomic E-state index is 11.4. The van der Waals surface area contributed by atoms with E-state index in [9.17, 15) is 4.79 Å². The van der Waals surface area contributed by atoms with Crippen molar-refractivity contribution in [2.75, 3.05) is 20.7 Å². The fourth-order valence-corrected chi connectivity index (χ4v) is 4.40. The maximum atomic E-state index is 11.4. The molecule has 2 unspecified atom stereocenters. The highest BCUT2D eigenvalue weighted by Gasteiger charge is 2.31. The van der Waals surface area contributed by atoms with E-state index in [1.165, 1.54) is 0 Å². The van der Waals surface area contributed by atoms with E-state index in [1.807, 2.05) is 32.6 Å². The van der Waals surface area contributed by atoms with Crippen LogP contribution in [0.2, 0.25) is 0 Å². The Bertz CT molecular complexity index is 287. The van der Waals surface area contributed by atoms with Crippen molar-refractivity contribution < 1.29 is 9.32 Å². The molecule has 0 aromatic carbocycles. The molecule has 0 radical (unpaired) electrons. The van der Waals surface area contributed by atoms with Crippen molar-refractivity contribution in [3.8, 4) is 0 Å². The third-order valence-corrected chi connectivity index (χ3v) is 7.26. The van der Waals surface area contributed by atoms with Crippen LogP contribution < -0.4 is 0 Å². The minimum absolute atomic E-state index is 0.132. The van der Waals surface area contributed by atoms with E-state index >= 15 is 0 Å². The molecule has 0 aliphatic rings.